The van der Waals surface area contributed by atoms with Crippen molar-refractivity contribution in [3.05, 3.63) is 54.5 Å². The Morgan fingerprint density at radius 1 is 1.31 bits per heavy atom. The highest BCUT2D eigenvalue weighted by atomic mass is 32.2. The highest BCUT2D eigenvalue weighted by molar-refractivity contribution is 7.77. The number of benzene rings is 1. The van der Waals surface area contributed by atoms with E-state index in [9.17, 15) is 14.0 Å². The summed E-state index contributed by atoms with van der Waals surface area (Å²) in [6.45, 7) is 0.205. The van der Waals surface area contributed by atoms with Crippen LogP contribution >= 0.6 is 0 Å². The third kappa shape index (κ3) is 5.56. The van der Waals surface area contributed by atoms with Crippen LogP contribution in [0.1, 0.15) is 43.7 Å². The van der Waals surface area contributed by atoms with Gasteiger partial charge in [-0.3, -0.25) is 8.89 Å². The molecule has 0 amide bonds. The van der Waals surface area contributed by atoms with Crippen molar-refractivity contribution in [1.82, 2.24) is 24.5 Å². The first-order valence-corrected chi connectivity index (χ1v) is 11.6. The van der Waals surface area contributed by atoms with Gasteiger partial charge in [-0.15, -0.1) is 0 Å². The van der Waals surface area contributed by atoms with Crippen molar-refractivity contribution in [3.8, 4) is 17.3 Å². The molecule has 4 rings (SSSR count). The van der Waals surface area contributed by atoms with Gasteiger partial charge < -0.3 is 9.87 Å². The van der Waals surface area contributed by atoms with E-state index in [1.54, 1.807) is 12.4 Å². The molecule has 0 aliphatic heterocycles. The van der Waals surface area contributed by atoms with Gasteiger partial charge in [0.25, 0.3) is 0 Å². The lowest BCUT2D eigenvalue weighted by Gasteiger charge is -2.21. The van der Waals surface area contributed by atoms with Crippen molar-refractivity contribution in [1.29, 1.82) is 5.26 Å². The Kier molecular flexibility index (Phi) is 7.21. The number of anilines is 2. The predicted molar refractivity (Wildman–Crippen MR) is 120 cm³/mol. The number of nitrogens with zero attached hydrogens (tertiary/aromatic N) is 5. The molecule has 3 aromatic rings. The second-order valence-electron chi connectivity index (χ2n) is 7.83. The van der Waals surface area contributed by atoms with Crippen LogP contribution in [-0.2, 0) is 17.8 Å². The first kappa shape index (κ1) is 22.1. The standard InChI is InChI=1S/C22H25N7O2S/c23-10-8-21(17-5-1-2-6-17)29-15-18(14-25-29)20-9-11-24-22(28-20)27-19-7-3-4-16(12-19)13-26-32(30)31/h3-4,7,9,11-12,14-15,17,21,26H,1-2,5-6,8,13H2,(H,30,31)(H,24,27,28)/p-1. The number of nitriles is 1. The van der Waals surface area contributed by atoms with E-state index in [1.807, 2.05) is 41.2 Å². The lowest BCUT2D eigenvalue weighted by molar-refractivity contribution is 0.315. The van der Waals surface area contributed by atoms with Crippen LogP contribution in [0.2, 0.25) is 0 Å². The molecule has 1 aromatic carbocycles. The summed E-state index contributed by atoms with van der Waals surface area (Å²) in [6.07, 6.45) is 10.6. The van der Waals surface area contributed by atoms with E-state index in [-0.39, 0.29) is 12.6 Å². The van der Waals surface area contributed by atoms with Crippen molar-refractivity contribution in [2.45, 2.75) is 44.7 Å². The van der Waals surface area contributed by atoms with Gasteiger partial charge in [0.15, 0.2) is 0 Å². The summed E-state index contributed by atoms with van der Waals surface area (Å²) in [5.74, 6) is 0.919. The molecular weight excluding hydrogens is 426 g/mol. The SMILES string of the molecule is N#CCC(C1CCCC1)n1cc(-c2ccnc(Nc3cccc(CNS(=O)[O-])c3)n2)cn1. The lowest BCUT2D eigenvalue weighted by atomic mass is 9.96. The molecule has 0 saturated heterocycles. The van der Waals surface area contributed by atoms with Gasteiger partial charge in [0.2, 0.25) is 5.95 Å². The molecular formula is C22H24N7O2S-. The van der Waals surface area contributed by atoms with E-state index in [0.717, 1.165) is 35.3 Å². The van der Waals surface area contributed by atoms with Gasteiger partial charge in [-0.2, -0.15) is 10.4 Å². The molecule has 32 heavy (non-hydrogen) atoms. The Morgan fingerprint density at radius 3 is 2.94 bits per heavy atom. The minimum Gasteiger partial charge on any atom is -0.760 e. The number of rotatable bonds is 9. The van der Waals surface area contributed by atoms with Gasteiger partial charge in [-0.1, -0.05) is 25.0 Å². The minimum absolute atomic E-state index is 0.0930. The zero-order valence-electron chi connectivity index (χ0n) is 17.5. The van der Waals surface area contributed by atoms with E-state index in [4.69, 9.17) is 0 Å². The van der Waals surface area contributed by atoms with E-state index in [0.29, 0.717) is 18.3 Å². The van der Waals surface area contributed by atoms with Crippen LogP contribution in [0.4, 0.5) is 11.6 Å². The quantitative estimate of drug-likeness (QED) is 0.476. The third-order valence-electron chi connectivity index (χ3n) is 5.71. The van der Waals surface area contributed by atoms with Crippen molar-refractivity contribution in [3.63, 3.8) is 0 Å². The summed E-state index contributed by atoms with van der Waals surface area (Å²) in [6, 6.07) is 11.6. The molecule has 2 N–H and O–H groups in total. The first-order valence-electron chi connectivity index (χ1n) is 10.6. The van der Waals surface area contributed by atoms with Crippen LogP contribution in [0.3, 0.4) is 0 Å². The molecule has 0 radical (unpaired) electrons. The molecule has 166 valence electrons. The molecule has 2 unspecified atom stereocenters. The highest BCUT2D eigenvalue weighted by Gasteiger charge is 2.27. The van der Waals surface area contributed by atoms with Gasteiger partial charge >= 0.3 is 0 Å². The first-order chi connectivity index (χ1) is 15.6. The van der Waals surface area contributed by atoms with E-state index >= 15 is 0 Å². The molecule has 0 bridgehead atoms. The Morgan fingerprint density at radius 2 is 2.16 bits per heavy atom. The topological polar surface area (TPSA) is 132 Å². The summed E-state index contributed by atoms with van der Waals surface area (Å²) in [5, 5.41) is 17.0. The molecule has 9 nitrogen and oxygen atoms in total. The monoisotopic (exact) mass is 450 g/mol. The van der Waals surface area contributed by atoms with Gasteiger partial charge in [-0.05, 0) is 42.5 Å². The van der Waals surface area contributed by atoms with Crippen LogP contribution in [0.5, 0.6) is 0 Å². The molecule has 2 aromatic heterocycles. The number of nitrogens with one attached hydrogen (secondary N) is 2. The molecule has 1 fully saturated rings. The largest absolute Gasteiger partial charge is 0.760 e. The van der Waals surface area contributed by atoms with Gasteiger partial charge in [0, 0.05) is 41.5 Å². The maximum atomic E-state index is 10.7. The third-order valence-corrected chi connectivity index (χ3v) is 6.09. The van der Waals surface area contributed by atoms with E-state index in [1.165, 1.54) is 12.8 Å². The fourth-order valence-electron chi connectivity index (χ4n) is 4.17. The second kappa shape index (κ2) is 10.5. The molecule has 2 heterocycles. The number of aromatic nitrogens is 4. The summed E-state index contributed by atoms with van der Waals surface area (Å²) >= 11 is -2.31. The van der Waals surface area contributed by atoms with Crippen LogP contribution in [0.25, 0.3) is 11.3 Å². The molecule has 0 spiro atoms. The molecule has 2 atom stereocenters. The zero-order chi connectivity index (χ0) is 22.3. The Labute approximate surface area is 189 Å². The Balaban J connectivity index is 1.49. The lowest BCUT2D eigenvalue weighted by Crippen LogP contribution is -2.17. The van der Waals surface area contributed by atoms with Gasteiger partial charge in [0.1, 0.15) is 0 Å². The van der Waals surface area contributed by atoms with E-state index in [2.05, 4.69) is 31.2 Å². The minimum atomic E-state index is -2.31. The number of hydrogen-bond donors (Lipinski definition) is 2. The van der Waals surface area contributed by atoms with Crippen molar-refractivity contribution >= 4 is 22.9 Å². The van der Waals surface area contributed by atoms with Gasteiger partial charge in [-0.25, -0.2) is 14.7 Å². The Bertz CT molecular complexity index is 1120. The fraction of sp³-hybridized carbons (Fsp3) is 0.364. The van der Waals surface area contributed by atoms with Crippen LogP contribution in [0, 0.1) is 17.2 Å². The molecule has 10 heteroatoms. The summed E-state index contributed by atoms with van der Waals surface area (Å²) < 4.78 is 25.7. The van der Waals surface area contributed by atoms with Crippen molar-refractivity contribution in [2.75, 3.05) is 5.32 Å². The zero-order valence-corrected chi connectivity index (χ0v) is 18.3. The van der Waals surface area contributed by atoms with Gasteiger partial charge in [0.05, 0.1) is 30.4 Å². The van der Waals surface area contributed by atoms with E-state index < -0.39 is 11.3 Å². The second-order valence-corrected chi connectivity index (χ2v) is 8.59. The average Bonchev–Trinajstić information content (AvgIpc) is 3.49. The average molecular weight is 451 g/mol. The molecule has 1 saturated carbocycles. The summed E-state index contributed by atoms with van der Waals surface area (Å²) in [5.41, 5.74) is 3.17. The normalized spacial score (nSPS) is 15.9. The maximum Gasteiger partial charge on any atom is 0.227 e. The predicted octanol–water partition coefficient (Wildman–Crippen LogP) is 3.61. The summed E-state index contributed by atoms with van der Waals surface area (Å²) in [7, 11) is 0. The van der Waals surface area contributed by atoms with Crippen LogP contribution < -0.4 is 10.0 Å². The Hall–Kier alpha value is -3.13. The maximum absolute atomic E-state index is 10.7. The molecule has 1 aliphatic rings. The molecule has 1 aliphatic carbocycles. The van der Waals surface area contributed by atoms with Crippen molar-refractivity contribution in [2.24, 2.45) is 5.92 Å². The van der Waals surface area contributed by atoms with Crippen LogP contribution in [0.15, 0.2) is 48.9 Å². The highest BCUT2D eigenvalue weighted by Crippen LogP contribution is 2.36. The fourth-order valence-corrected chi connectivity index (χ4v) is 4.46. The van der Waals surface area contributed by atoms with Crippen LogP contribution in [-0.4, -0.2) is 28.5 Å². The van der Waals surface area contributed by atoms with Crippen molar-refractivity contribution < 1.29 is 8.76 Å². The smallest absolute Gasteiger partial charge is 0.227 e. The summed E-state index contributed by atoms with van der Waals surface area (Å²) in [4.78, 5) is 8.90. The number of hydrogen-bond acceptors (Lipinski definition) is 7.